The van der Waals surface area contributed by atoms with Gasteiger partial charge in [-0.3, -0.25) is 0 Å². The maximum Gasteiger partial charge on any atom is 0.216 e. The van der Waals surface area contributed by atoms with Crippen molar-refractivity contribution < 1.29 is 14.5 Å². The van der Waals surface area contributed by atoms with E-state index in [0.717, 1.165) is 44.2 Å². The fourth-order valence-corrected chi connectivity index (χ4v) is 5.79. The van der Waals surface area contributed by atoms with Gasteiger partial charge in [0.05, 0.1) is 17.2 Å². The number of hydrogen-bond acceptors (Lipinski definition) is 2. The summed E-state index contributed by atoms with van der Waals surface area (Å²) < 4.78 is 43.4. The Labute approximate surface area is 260 Å². The van der Waals surface area contributed by atoms with Gasteiger partial charge in [-0.15, -0.1) is 0 Å². The van der Waals surface area contributed by atoms with E-state index in [0.29, 0.717) is 33.6 Å². The summed E-state index contributed by atoms with van der Waals surface area (Å²) in [5.74, 6) is -0.663. The van der Waals surface area contributed by atoms with Crippen LogP contribution in [-0.4, -0.2) is 0 Å². The average molecular weight is 568 g/mol. The molecule has 3 heteroatoms. The van der Waals surface area contributed by atoms with Crippen LogP contribution in [-0.2, 0) is 13.4 Å². The molecule has 0 spiro atoms. The van der Waals surface area contributed by atoms with Crippen LogP contribution in [0.1, 0.15) is 68.2 Å². The second-order valence-corrected chi connectivity index (χ2v) is 12.6. The van der Waals surface area contributed by atoms with Gasteiger partial charge in [0.15, 0.2) is 6.17 Å². The molecule has 0 atom stereocenters. The summed E-state index contributed by atoms with van der Waals surface area (Å²) in [5, 5.41) is 12.0. The summed E-state index contributed by atoms with van der Waals surface area (Å²) in [6, 6.07) is 29.8. The molecule has 6 aromatic rings. The molecule has 0 radical (unpaired) electrons. The molecule has 43 heavy (non-hydrogen) atoms. The van der Waals surface area contributed by atoms with Gasteiger partial charge in [-0.25, -0.2) is 4.57 Å². The van der Waals surface area contributed by atoms with Crippen LogP contribution in [0.25, 0.3) is 55.4 Å². The van der Waals surface area contributed by atoms with Crippen molar-refractivity contribution in [3.63, 3.8) is 0 Å². The lowest BCUT2D eigenvalue weighted by Crippen LogP contribution is -2.31. The van der Waals surface area contributed by atoms with Crippen LogP contribution >= 0.6 is 0 Å². The summed E-state index contributed by atoms with van der Waals surface area (Å²) in [5.41, 5.74) is 8.53. The van der Waals surface area contributed by atoms with E-state index >= 15 is 0 Å². The van der Waals surface area contributed by atoms with Crippen LogP contribution in [0, 0.1) is 23.7 Å². The molecule has 0 aliphatic heterocycles. The van der Waals surface area contributed by atoms with Crippen LogP contribution in [0.2, 0.25) is 0 Å². The zero-order valence-corrected chi connectivity index (χ0v) is 25.9. The van der Waals surface area contributed by atoms with Crippen molar-refractivity contribution in [3.8, 4) is 39.6 Å². The lowest BCUT2D eigenvalue weighted by Gasteiger charge is -2.18. The highest BCUT2D eigenvalue weighted by atomic mass is 16.3. The molecule has 0 unspecified atom stereocenters. The zero-order valence-electron chi connectivity index (χ0n) is 29.9. The van der Waals surface area contributed by atoms with E-state index in [9.17, 15) is 5.26 Å². The Morgan fingerprint density at radius 2 is 1.44 bits per heavy atom. The third-order valence-corrected chi connectivity index (χ3v) is 7.95. The molecule has 0 saturated heterocycles. The molecule has 2 aromatic heterocycles. The van der Waals surface area contributed by atoms with E-state index in [4.69, 9.17) is 9.90 Å². The standard InChI is InChI=1S/C40H39N2O/c1-25(2)28-9-11-29(12-10-28)30-13-15-31(16-14-30)37-32(24-41)17-19-34-33-18-8-26(3)36(38(33)43-39(34)37)35-22-27(20-21-42(35)7)23-40(4,5)6/h8-22,25H,23H2,1-7H3/q+1/i21D,23D2,25D. The van der Waals surface area contributed by atoms with Crippen molar-refractivity contribution in [3.05, 3.63) is 113 Å². The van der Waals surface area contributed by atoms with Crippen molar-refractivity contribution >= 4 is 21.9 Å². The minimum atomic E-state index is -1.68. The Morgan fingerprint density at radius 3 is 2.05 bits per heavy atom. The first-order valence-corrected chi connectivity index (χ1v) is 14.6. The number of benzene rings is 4. The number of hydrogen-bond donors (Lipinski definition) is 0. The van der Waals surface area contributed by atoms with Crippen molar-refractivity contribution in [2.24, 2.45) is 12.5 Å². The number of fused-ring (bicyclic) bond motifs is 3. The molecule has 0 aliphatic rings. The molecule has 0 bridgehead atoms. The van der Waals surface area contributed by atoms with Gasteiger partial charge >= 0.3 is 0 Å². The van der Waals surface area contributed by atoms with Crippen molar-refractivity contribution in [1.82, 2.24) is 0 Å². The normalized spacial score (nSPS) is 13.8. The number of pyridine rings is 1. The highest BCUT2D eigenvalue weighted by molar-refractivity contribution is 6.14. The Kier molecular flexibility index (Phi) is 6.02. The maximum atomic E-state index is 10.2. The van der Waals surface area contributed by atoms with E-state index < -0.39 is 17.7 Å². The Hall–Kier alpha value is -4.68. The fraction of sp³-hybridized carbons (Fsp3) is 0.250. The van der Waals surface area contributed by atoms with Gasteiger partial charge < -0.3 is 4.42 Å². The van der Waals surface area contributed by atoms with Crippen LogP contribution in [0.4, 0.5) is 0 Å². The third kappa shape index (κ3) is 5.35. The molecular weight excluding hydrogens is 524 g/mol. The maximum absolute atomic E-state index is 10.2. The highest BCUT2D eigenvalue weighted by Gasteiger charge is 2.24. The number of nitrogens with zero attached hydrogens (tertiary/aromatic N) is 2. The van der Waals surface area contributed by atoms with Gasteiger partial charge in [0.25, 0.3) is 0 Å². The largest absolute Gasteiger partial charge is 0.454 e. The molecule has 4 aromatic carbocycles. The third-order valence-electron chi connectivity index (χ3n) is 7.95. The molecule has 0 amide bonds. The molecule has 214 valence electrons. The van der Waals surface area contributed by atoms with Crippen molar-refractivity contribution in [2.75, 3.05) is 0 Å². The van der Waals surface area contributed by atoms with E-state index in [2.05, 4.69) is 6.07 Å². The molecule has 0 aliphatic carbocycles. The van der Waals surface area contributed by atoms with E-state index in [1.807, 2.05) is 127 Å². The Bertz CT molecular complexity index is 2210. The van der Waals surface area contributed by atoms with Crippen LogP contribution in [0.15, 0.2) is 95.5 Å². The van der Waals surface area contributed by atoms with Crippen LogP contribution < -0.4 is 4.57 Å². The van der Waals surface area contributed by atoms with E-state index in [-0.39, 0.29) is 6.17 Å². The van der Waals surface area contributed by atoms with Gasteiger partial charge in [0, 0.05) is 32.6 Å². The van der Waals surface area contributed by atoms with Crippen LogP contribution in [0.3, 0.4) is 0 Å². The monoisotopic (exact) mass is 567 g/mol. The minimum Gasteiger partial charge on any atom is -0.454 e. The lowest BCUT2D eigenvalue weighted by molar-refractivity contribution is -0.660. The number of aryl methyl sites for hydroxylation is 1. The fourth-order valence-electron chi connectivity index (χ4n) is 5.79. The minimum absolute atomic E-state index is 0.198. The second-order valence-electron chi connectivity index (χ2n) is 12.6. The second kappa shape index (κ2) is 10.9. The number of aromatic nitrogens is 1. The topological polar surface area (TPSA) is 40.8 Å². The Balaban J connectivity index is 1.54. The molecular formula is C40H39N2O+. The SMILES string of the molecule is [2H]c1cc(C([2H])([2H])C(C)(C)C)cc(-c2c(C)ccc3c2oc2c(-c4ccc(-c5ccc(C([2H])(C)C)cc5)cc4)c(C#N)ccc23)[n+]1C. The predicted molar refractivity (Wildman–Crippen MR) is 178 cm³/mol. The zero-order chi connectivity index (χ0) is 34.1. The smallest absolute Gasteiger partial charge is 0.216 e. The summed E-state index contributed by atoms with van der Waals surface area (Å²) in [6.07, 6.45) is -1.48. The summed E-state index contributed by atoms with van der Waals surface area (Å²) in [7, 11) is 1.82. The first kappa shape index (κ1) is 23.8. The molecule has 2 heterocycles. The van der Waals surface area contributed by atoms with E-state index in [1.165, 1.54) is 0 Å². The highest BCUT2D eigenvalue weighted by Crippen LogP contribution is 2.42. The van der Waals surface area contributed by atoms with Crippen molar-refractivity contribution in [1.29, 1.82) is 5.26 Å². The molecule has 0 saturated carbocycles. The number of furan rings is 1. The summed E-state index contributed by atoms with van der Waals surface area (Å²) in [4.78, 5) is 0. The van der Waals surface area contributed by atoms with Gasteiger partial charge in [-0.2, -0.15) is 5.26 Å². The van der Waals surface area contributed by atoms with Gasteiger partial charge in [-0.05, 0) is 70.1 Å². The number of nitriles is 1. The Morgan fingerprint density at radius 1 is 0.860 bits per heavy atom. The quantitative estimate of drug-likeness (QED) is 0.194. The van der Waals surface area contributed by atoms with Gasteiger partial charge in [-0.1, -0.05) is 95.3 Å². The molecule has 6 rings (SSSR count). The summed E-state index contributed by atoms with van der Waals surface area (Å²) in [6.45, 7) is 11.3. The van der Waals surface area contributed by atoms with Crippen LogP contribution in [0.5, 0.6) is 0 Å². The number of rotatable bonds is 5. The lowest BCUT2D eigenvalue weighted by atomic mass is 9.87. The van der Waals surface area contributed by atoms with E-state index in [1.54, 1.807) is 10.6 Å². The molecule has 3 nitrogen and oxygen atoms in total. The molecule has 0 N–H and O–H groups in total. The van der Waals surface area contributed by atoms with Gasteiger partial charge in [0.1, 0.15) is 19.6 Å². The summed E-state index contributed by atoms with van der Waals surface area (Å²) >= 11 is 0. The average Bonchev–Trinajstić information content (AvgIpc) is 3.39. The van der Waals surface area contributed by atoms with Crippen molar-refractivity contribution in [2.45, 2.75) is 53.8 Å². The molecule has 0 fully saturated rings. The predicted octanol–water partition coefficient (Wildman–Crippen LogP) is 10.3. The van der Waals surface area contributed by atoms with Gasteiger partial charge in [0.2, 0.25) is 5.69 Å². The first-order valence-electron chi connectivity index (χ1n) is 16.6. The first-order chi connectivity index (χ1) is 22.0.